The summed E-state index contributed by atoms with van der Waals surface area (Å²) >= 11 is 6.05. The second kappa shape index (κ2) is 6.07. The summed E-state index contributed by atoms with van der Waals surface area (Å²) in [5.41, 5.74) is 6.20. The Morgan fingerprint density at radius 1 is 1.29 bits per heavy atom. The van der Waals surface area contributed by atoms with Gasteiger partial charge in [0.05, 0.1) is 16.0 Å². The van der Waals surface area contributed by atoms with E-state index in [2.05, 4.69) is 0 Å². The minimum atomic E-state index is -0.837. The van der Waals surface area contributed by atoms with Crippen LogP contribution < -0.4 is 10.5 Å². The maximum Gasteiger partial charge on any atom is 0.272 e. The van der Waals surface area contributed by atoms with E-state index in [1.807, 2.05) is 6.92 Å². The summed E-state index contributed by atoms with van der Waals surface area (Å²) in [6.45, 7) is 1.81. The molecule has 0 radical (unpaired) electrons. The molecule has 2 N–H and O–H groups in total. The summed E-state index contributed by atoms with van der Waals surface area (Å²) in [5, 5.41) is 10.8. The summed E-state index contributed by atoms with van der Waals surface area (Å²) in [6, 6.07) is 7.86. The third-order valence-corrected chi connectivity index (χ3v) is 3.12. The number of rotatable bonds is 4. The molecule has 0 saturated carbocycles. The summed E-state index contributed by atoms with van der Waals surface area (Å²) in [6.07, 6.45) is 0. The number of nitro benzene ring substituents is 1. The zero-order valence-corrected chi connectivity index (χ0v) is 11.8. The second-order valence-corrected chi connectivity index (χ2v) is 4.86. The van der Waals surface area contributed by atoms with Crippen molar-refractivity contribution >= 4 is 17.3 Å². The molecule has 0 fully saturated rings. The number of non-ortho nitro benzene ring substituents is 1. The highest BCUT2D eigenvalue weighted by molar-refractivity contribution is 6.32. The van der Waals surface area contributed by atoms with Crippen LogP contribution in [-0.2, 0) is 0 Å². The van der Waals surface area contributed by atoms with E-state index in [9.17, 15) is 14.5 Å². The monoisotopic (exact) mass is 310 g/mol. The van der Waals surface area contributed by atoms with Gasteiger partial charge in [-0.2, -0.15) is 0 Å². The van der Waals surface area contributed by atoms with Crippen LogP contribution in [0.1, 0.15) is 18.5 Å². The second-order valence-electron chi connectivity index (χ2n) is 4.45. The van der Waals surface area contributed by atoms with Crippen molar-refractivity contribution < 1.29 is 14.1 Å². The standard InChI is InChI=1S/C14H12ClFN2O3/c1-8(17)9-2-4-13(11(15)6-9)21-14-5-3-10(18(19)20)7-12(14)16/h2-8H,17H2,1H3/t8-/m0/s1. The van der Waals surface area contributed by atoms with Gasteiger partial charge in [0.15, 0.2) is 11.6 Å². The molecule has 0 spiro atoms. The number of nitrogens with zero attached hydrogens (tertiary/aromatic N) is 1. The summed E-state index contributed by atoms with van der Waals surface area (Å²) in [4.78, 5) is 9.86. The molecule has 0 saturated heterocycles. The molecule has 0 heterocycles. The predicted octanol–water partition coefficient (Wildman–Crippen LogP) is 4.20. The maximum atomic E-state index is 13.7. The minimum Gasteiger partial charge on any atom is -0.453 e. The molecule has 0 aliphatic rings. The first-order valence-corrected chi connectivity index (χ1v) is 6.43. The van der Waals surface area contributed by atoms with Gasteiger partial charge < -0.3 is 10.5 Å². The van der Waals surface area contributed by atoms with Crippen LogP contribution in [0.5, 0.6) is 11.5 Å². The van der Waals surface area contributed by atoms with Gasteiger partial charge in [-0.25, -0.2) is 4.39 Å². The van der Waals surface area contributed by atoms with E-state index in [4.69, 9.17) is 22.1 Å². The lowest BCUT2D eigenvalue weighted by Gasteiger charge is -2.11. The van der Waals surface area contributed by atoms with Gasteiger partial charge in [0.1, 0.15) is 5.75 Å². The van der Waals surface area contributed by atoms with Gasteiger partial charge in [-0.15, -0.1) is 0 Å². The van der Waals surface area contributed by atoms with E-state index in [1.165, 1.54) is 6.07 Å². The lowest BCUT2D eigenvalue weighted by molar-refractivity contribution is -0.385. The number of nitro groups is 1. The van der Waals surface area contributed by atoms with Crippen molar-refractivity contribution in [3.63, 3.8) is 0 Å². The van der Waals surface area contributed by atoms with Crippen LogP contribution in [0, 0.1) is 15.9 Å². The lowest BCUT2D eigenvalue weighted by atomic mass is 10.1. The van der Waals surface area contributed by atoms with E-state index in [0.717, 1.165) is 17.7 Å². The Bertz CT molecular complexity index is 692. The number of hydrogen-bond acceptors (Lipinski definition) is 4. The highest BCUT2D eigenvalue weighted by Crippen LogP contribution is 2.33. The third-order valence-electron chi connectivity index (χ3n) is 2.83. The molecule has 0 amide bonds. The fourth-order valence-electron chi connectivity index (χ4n) is 1.69. The molecule has 21 heavy (non-hydrogen) atoms. The first kappa shape index (κ1) is 15.2. The minimum absolute atomic E-state index is 0.143. The fraction of sp³-hybridized carbons (Fsp3) is 0.143. The topological polar surface area (TPSA) is 78.4 Å². The molecule has 110 valence electrons. The molecule has 1 atom stereocenters. The quantitative estimate of drug-likeness (QED) is 0.678. The molecule has 0 aliphatic carbocycles. The zero-order valence-electron chi connectivity index (χ0n) is 11.0. The highest BCUT2D eigenvalue weighted by atomic mass is 35.5. The van der Waals surface area contributed by atoms with Crippen LogP contribution in [-0.4, -0.2) is 4.92 Å². The van der Waals surface area contributed by atoms with E-state index < -0.39 is 10.7 Å². The molecule has 2 rings (SSSR count). The number of nitrogens with two attached hydrogens (primary N) is 1. The molecule has 0 unspecified atom stereocenters. The Labute approximate surface area is 125 Å². The molecule has 7 heteroatoms. The van der Waals surface area contributed by atoms with Gasteiger partial charge in [-0.05, 0) is 30.7 Å². The first-order valence-electron chi connectivity index (χ1n) is 6.05. The molecule has 2 aromatic rings. The Morgan fingerprint density at radius 2 is 1.95 bits per heavy atom. The van der Waals surface area contributed by atoms with Crippen LogP contribution in [0.25, 0.3) is 0 Å². The van der Waals surface area contributed by atoms with Crippen LogP contribution in [0.3, 0.4) is 0 Å². The zero-order chi connectivity index (χ0) is 15.6. The summed E-state index contributed by atoms with van der Waals surface area (Å²) in [7, 11) is 0. The Kier molecular flexibility index (Phi) is 4.40. The molecular formula is C14H12ClFN2O3. The van der Waals surface area contributed by atoms with Crippen molar-refractivity contribution in [1.82, 2.24) is 0 Å². The van der Waals surface area contributed by atoms with Crippen LogP contribution in [0.15, 0.2) is 36.4 Å². The number of halogens is 2. The summed E-state index contributed by atoms with van der Waals surface area (Å²) < 4.78 is 19.1. The van der Waals surface area contributed by atoms with Crippen molar-refractivity contribution in [2.24, 2.45) is 5.73 Å². The van der Waals surface area contributed by atoms with Crippen molar-refractivity contribution in [1.29, 1.82) is 0 Å². The first-order chi connectivity index (χ1) is 9.88. The van der Waals surface area contributed by atoms with Crippen LogP contribution >= 0.6 is 11.6 Å². The van der Waals surface area contributed by atoms with Crippen LogP contribution in [0.4, 0.5) is 10.1 Å². The normalized spacial score (nSPS) is 12.0. The van der Waals surface area contributed by atoms with Crippen molar-refractivity contribution in [2.75, 3.05) is 0 Å². The smallest absolute Gasteiger partial charge is 0.272 e. The van der Waals surface area contributed by atoms with Gasteiger partial charge in [0, 0.05) is 12.1 Å². The largest absolute Gasteiger partial charge is 0.453 e. The predicted molar refractivity (Wildman–Crippen MR) is 77.2 cm³/mol. The lowest BCUT2D eigenvalue weighted by Crippen LogP contribution is -2.04. The molecule has 0 bridgehead atoms. The molecule has 0 aliphatic heterocycles. The van der Waals surface area contributed by atoms with Crippen molar-refractivity contribution in [2.45, 2.75) is 13.0 Å². The number of benzene rings is 2. The average molecular weight is 311 g/mol. The third kappa shape index (κ3) is 3.48. The Balaban J connectivity index is 2.28. The van der Waals surface area contributed by atoms with Gasteiger partial charge >= 0.3 is 0 Å². The Hall–Kier alpha value is -2.18. The Morgan fingerprint density at radius 3 is 2.48 bits per heavy atom. The van der Waals surface area contributed by atoms with Gasteiger partial charge in [0.2, 0.25) is 0 Å². The molecule has 2 aromatic carbocycles. The SMILES string of the molecule is C[C@H](N)c1ccc(Oc2ccc([N+](=O)[O-])cc2F)c(Cl)c1. The van der Waals surface area contributed by atoms with Crippen molar-refractivity contribution in [3.8, 4) is 11.5 Å². The number of hydrogen-bond donors (Lipinski definition) is 1. The van der Waals surface area contributed by atoms with E-state index in [0.29, 0.717) is 0 Å². The molecule has 0 aromatic heterocycles. The average Bonchev–Trinajstić information content (AvgIpc) is 2.42. The summed E-state index contributed by atoms with van der Waals surface area (Å²) in [5.74, 6) is -0.735. The number of ether oxygens (including phenoxy) is 1. The van der Waals surface area contributed by atoms with Gasteiger partial charge in [-0.1, -0.05) is 17.7 Å². The fourth-order valence-corrected chi connectivity index (χ4v) is 1.92. The molecular weight excluding hydrogens is 299 g/mol. The van der Waals surface area contributed by atoms with Crippen molar-refractivity contribution in [3.05, 3.63) is 62.9 Å². The van der Waals surface area contributed by atoms with E-state index in [-0.39, 0.29) is 28.3 Å². The molecule has 5 nitrogen and oxygen atoms in total. The maximum absolute atomic E-state index is 13.7. The van der Waals surface area contributed by atoms with Crippen LogP contribution in [0.2, 0.25) is 5.02 Å². The highest BCUT2D eigenvalue weighted by Gasteiger charge is 2.14. The van der Waals surface area contributed by atoms with Gasteiger partial charge in [-0.3, -0.25) is 10.1 Å². The van der Waals surface area contributed by atoms with E-state index >= 15 is 0 Å². The van der Waals surface area contributed by atoms with E-state index in [1.54, 1.807) is 18.2 Å². The van der Waals surface area contributed by atoms with Gasteiger partial charge in [0.25, 0.3) is 5.69 Å².